The summed E-state index contributed by atoms with van der Waals surface area (Å²) in [5, 5.41) is 34.6. The molecule has 5 N–H and O–H groups in total. The monoisotopic (exact) mass is 342 g/mol. The summed E-state index contributed by atoms with van der Waals surface area (Å²) in [5.74, 6) is 0.583. The maximum absolute atomic E-state index is 11.8. The van der Waals surface area contributed by atoms with Crippen LogP contribution in [0.5, 0.6) is 0 Å². The number of aliphatic hydroxyl groups excluding tert-OH is 3. The van der Waals surface area contributed by atoms with Gasteiger partial charge in [-0.3, -0.25) is 0 Å². The lowest BCUT2D eigenvalue weighted by atomic mass is 9.92. The van der Waals surface area contributed by atoms with Crippen molar-refractivity contribution < 1.29 is 34.4 Å². The Balaban J connectivity index is 3.25. The van der Waals surface area contributed by atoms with Crippen molar-refractivity contribution in [1.82, 2.24) is 10.6 Å². The Kier molecular flexibility index (Phi) is 7.47. The first-order valence-electron chi connectivity index (χ1n) is 7.16. The third-order valence-corrected chi connectivity index (χ3v) is 3.39. The van der Waals surface area contributed by atoms with E-state index in [2.05, 4.69) is 21.9 Å². The summed E-state index contributed by atoms with van der Waals surface area (Å²) in [6, 6.07) is -1.40. The number of allylic oxidation sites excluding steroid dienone is 1. The number of ether oxygens (including phenoxy) is 2. The van der Waals surface area contributed by atoms with Gasteiger partial charge >= 0.3 is 5.97 Å². The maximum atomic E-state index is 11.8. The molecule has 1 heterocycles. The van der Waals surface area contributed by atoms with Gasteiger partial charge in [-0.15, -0.1) is 0 Å². The summed E-state index contributed by atoms with van der Waals surface area (Å²) in [5.41, 5.74) is 0.556. The minimum Gasteiger partial charge on any atom is -0.478 e. The number of hydrogen-bond acceptors (Lipinski definition) is 9. The van der Waals surface area contributed by atoms with Crippen LogP contribution in [-0.4, -0.2) is 71.3 Å². The number of rotatable bonds is 8. The number of carbonyl (C=O) groups is 1. The Morgan fingerprint density at radius 3 is 2.75 bits per heavy atom. The van der Waals surface area contributed by atoms with E-state index in [0.717, 1.165) is 6.20 Å². The molecular formula is C15H22N2O7. The van der Waals surface area contributed by atoms with Crippen LogP contribution in [0.25, 0.3) is 0 Å². The normalized spacial score (nSPS) is 25.2. The van der Waals surface area contributed by atoms with E-state index in [9.17, 15) is 19.8 Å². The topological polar surface area (TPSA) is 137 Å². The molecule has 9 heteroatoms. The van der Waals surface area contributed by atoms with E-state index >= 15 is 0 Å². The molecule has 1 aliphatic heterocycles. The van der Waals surface area contributed by atoms with Crippen LogP contribution in [0.1, 0.15) is 6.92 Å². The minimum absolute atomic E-state index is 0.182. The van der Waals surface area contributed by atoms with Gasteiger partial charge in [0.15, 0.2) is 0 Å². The summed E-state index contributed by atoms with van der Waals surface area (Å²) in [6.45, 7) is 4.68. The molecule has 5 atom stereocenters. The highest BCUT2D eigenvalue weighted by molar-refractivity contribution is 5.86. The van der Waals surface area contributed by atoms with E-state index in [-0.39, 0.29) is 5.76 Å². The first-order chi connectivity index (χ1) is 11.3. The standard InChI is InChI=1S/C15H22N2O7/c1-8(2)17-9-6-11(15(22)23-3)24-14(12(9)16-4-5-18)13(21)10(20)7-19/h4,6,9-10,12-14,16-17,19-21H,1,7H2,2-3H3. The van der Waals surface area contributed by atoms with Gasteiger partial charge in [-0.1, -0.05) is 6.58 Å². The second kappa shape index (κ2) is 9.09. The third-order valence-electron chi connectivity index (χ3n) is 3.39. The zero-order chi connectivity index (χ0) is 18.3. The Hall–Kier alpha value is -2.32. The average Bonchev–Trinajstić information content (AvgIpc) is 2.57. The highest BCUT2D eigenvalue weighted by Crippen LogP contribution is 2.24. The van der Waals surface area contributed by atoms with Crippen molar-refractivity contribution in [2.24, 2.45) is 0 Å². The van der Waals surface area contributed by atoms with Gasteiger partial charge < -0.3 is 35.4 Å². The largest absolute Gasteiger partial charge is 0.478 e. The second-order valence-corrected chi connectivity index (χ2v) is 5.25. The number of carbonyl (C=O) groups excluding carboxylic acids is 2. The quantitative estimate of drug-likeness (QED) is 0.249. The van der Waals surface area contributed by atoms with Crippen molar-refractivity contribution in [3.8, 4) is 0 Å². The molecular weight excluding hydrogens is 320 g/mol. The highest BCUT2D eigenvalue weighted by atomic mass is 16.6. The van der Waals surface area contributed by atoms with Crippen LogP contribution in [0.15, 0.2) is 30.3 Å². The first kappa shape index (κ1) is 19.7. The van der Waals surface area contributed by atoms with Crippen LogP contribution in [-0.2, 0) is 19.1 Å². The SMILES string of the molecule is C=C(C)NC1C=C(C(=O)OC)OC(C(O)C(O)CO)C1NC=C=O. The fourth-order valence-corrected chi connectivity index (χ4v) is 2.30. The van der Waals surface area contributed by atoms with Crippen LogP contribution in [0.2, 0.25) is 0 Å². The molecule has 0 bridgehead atoms. The van der Waals surface area contributed by atoms with E-state index in [1.165, 1.54) is 19.1 Å². The molecule has 134 valence electrons. The molecule has 0 fully saturated rings. The van der Waals surface area contributed by atoms with Gasteiger partial charge in [-0.2, -0.15) is 0 Å². The molecule has 0 spiro atoms. The second-order valence-electron chi connectivity index (χ2n) is 5.25. The molecule has 0 saturated heterocycles. The van der Waals surface area contributed by atoms with Crippen molar-refractivity contribution in [1.29, 1.82) is 0 Å². The fraction of sp³-hybridized carbons (Fsp3) is 0.533. The molecule has 1 rings (SSSR count). The van der Waals surface area contributed by atoms with Gasteiger partial charge in [-0.25, -0.2) is 9.59 Å². The molecule has 0 aromatic carbocycles. The Morgan fingerprint density at radius 1 is 1.58 bits per heavy atom. The maximum Gasteiger partial charge on any atom is 0.373 e. The number of nitrogens with one attached hydrogen (secondary N) is 2. The zero-order valence-electron chi connectivity index (χ0n) is 13.4. The molecule has 24 heavy (non-hydrogen) atoms. The van der Waals surface area contributed by atoms with Gasteiger partial charge in [0.1, 0.15) is 24.3 Å². The van der Waals surface area contributed by atoms with Crippen molar-refractivity contribution in [2.45, 2.75) is 37.3 Å². The molecule has 0 aliphatic carbocycles. The van der Waals surface area contributed by atoms with E-state index in [1.807, 2.05) is 0 Å². The van der Waals surface area contributed by atoms with Crippen molar-refractivity contribution in [2.75, 3.05) is 13.7 Å². The number of esters is 1. The molecule has 0 aromatic rings. The third kappa shape index (κ3) is 4.84. The van der Waals surface area contributed by atoms with Crippen LogP contribution in [0, 0.1) is 0 Å². The highest BCUT2D eigenvalue weighted by Gasteiger charge is 2.43. The Bertz CT molecular complexity index is 542. The molecule has 0 amide bonds. The molecule has 9 nitrogen and oxygen atoms in total. The van der Waals surface area contributed by atoms with Gasteiger partial charge in [0.25, 0.3) is 0 Å². The predicted molar refractivity (Wildman–Crippen MR) is 83.0 cm³/mol. The summed E-state index contributed by atoms with van der Waals surface area (Å²) in [6.07, 6.45) is -1.85. The zero-order valence-corrected chi connectivity index (χ0v) is 13.4. The van der Waals surface area contributed by atoms with Gasteiger partial charge in [0.05, 0.1) is 32.0 Å². The lowest BCUT2D eigenvalue weighted by Crippen LogP contribution is -2.61. The van der Waals surface area contributed by atoms with E-state index in [4.69, 9.17) is 9.84 Å². The van der Waals surface area contributed by atoms with Gasteiger partial charge in [-0.05, 0) is 13.0 Å². The summed E-state index contributed by atoms with van der Waals surface area (Å²) >= 11 is 0. The van der Waals surface area contributed by atoms with E-state index in [1.54, 1.807) is 6.92 Å². The summed E-state index contributed by atoms with van der Waals surface area (Å²) in [4.78, 5) is 22.3. The van der Waals surface area contributed by atoms with Crippen LogP contribution < -0.4 is 10.6 Å². The predicted octanol–water partition coefficient (Wildman–Crippen LogP) is -2.05. The van der Waals surface area contributed by atoms with Crippen LogP contribution in [0.4, 0.5) is 0 Å². The molecule has 1 aliphatic rings. The van der Waals surface area contributed by atoms with Crippen molar-refractivity contribution in [3.05, 3.63) is 30.3 Å². The van der Waals surface area contributed by atoms with E-state index in [0.29, 0.717) is 5.70 Å². The Labute approximate surface area is 139 Å². The lowest BCUT2D eigenvalue weighted by molar-refractivity contribution is -0.148. The molecule has 5 unspecified atom stereocenters. The molecule has 0 saturated carbocycles. The van der Waals surface area contributed by atoms with Crippen molar-refractivity contribution in [3.63, 3.8) is 0 Å². The Morgan fingerprint density at radius 2 is 2.25 bits per heavy atom. The van der Waals surface area contributed by atoms with E-state index < -0.39 is 43.0 Å². The fourth-order valence-electron chi connectivity index (χ4n) is 2.30. The summed E-state index contributed by atoms with van der Waals surface area (Å²) < 4.78 is 10.0. The van der Waals surface area contributed by atoms with Crippen LogP contribution in [0.3, 0.4) is 0 Å². The number of methoxy groups -OCH3 is 1. The summed E-state index contributed by atoms with van der Waals surface area (Å²) in [7, 11) is 1.17. The molecule has 0 aromatic heterocycles. The van der Waals surface area contributed by atoms with Gasteiger partial charge in [0.2, 0.25) is 5.76 Å². The number of hydrogen-bond donors (Lipinski definition) is 5. The molecule has 0 radical (unpaired) electrons. The lowest BCUT2D eigenvalue weighted by Gasteiger charge is -2.40. The minimum atomic E-state index is -1.55. The van der Waals surface area contributed by atoms with Crippen LogP contribution >= 0.6 is 0 Å². The number of aliphatic hydroxyl groups is 3. The first-order valence-corrected chi connectivity index (χ1v) is 7.16. The van der Waals surface area contributed by atoms with Crippen molar-refractivity contribution >= 4 is 11.9 Å². The van der Waals surface area contributed by atoms with Gasteiger partial charge in [0, 0.05) is 5.70 Å². The smallest absolute Gasteiger partial charge is 0.373 e. The average molecular weight is 342 g/mol.